The molecule has 0 saturated heterocycles. The molecule has 6 atom stereocenters. The summed E-state index contributed by atoms with van der Waals surface area (Å²) < 4.78 is 83.6. The molecule has 0 spiro atoms. The van der Waals surface area contributed by atoms with E-state index < -0.39 is 54.6 Å². The summed E-state index contributed by atoms with van der Waals surface area (Å²) in [4.78, 5) is 12.3. The molecule has 0 radical (unpaired) electrons. The van der Waals surface area contributed by atoms with Crippen molar-refractivity contribution in [2.75, 3.05) is 13.2 Å². The summed E-state index contributed by atoms with van der Waals surface area (Å²) in [5, 5.41) is 10.5. The Balaban J connectivity index is 2.08. The van der Waals surface area contributed by atoms with Gasteiger partial charge in [-0.1, -0.05) is 18.7 Å². The first-order valence-corrected chi connectivity index (χ1v) is 10.1. The van der Waals surface area contributed by atoms with Crippen LogP contribution < -0.4 is 0 Å². The highest BCUT2D eigenvalue weighted by Crippen LogP contribution is 2.68. The van der Waals surface area contributed by atoms with Gasteiger partial charge >= 0.3 is 18.1 Å². The van der Waals surface area contributed by atoms with Gasteiger partial charge in [0.25, 0.3) is 0 Å². The normalized spacial score (nSPS) is 34.7. The van der Waals surface area contributed by atoms with Crippen LogP contribution in [-0.2, 0) is 14.3 Å². The summed E-state index contributed by atoms with van der Waals surface area (Å²) in [5.74, 6) is -7.68. The Bertz CT molecular complexity index is 733. The van der Waals surface area contributed by atoms with E-state index in [4.69, 9.17) is 9.47 Å². The standard InChI is InChI=1S/C21H27F5O4/c1-4-29-9-8-19(28,21(24,25)26)20(22,23)18(30-17(27)12(2)3)11-13-10-16(18)15-7-5-6-14(13)15/h5-6,13-16,28H,2,4,7-11H2,1,3H3. The van der Waals surface area contributed by atoms with Crippen molar-refractivity contribution in [2.45, 2.75) is 62.8 Å². The minimum atomic E-state index is -5.66. The molecule has 1 N–H and O–H groups in total. The fourth-order valence-electron chi connectivity index (χ4n) is 5.57. The van der Waals surface area contributed by atoms with Crippen LogP contribution in [0.25, 0.3) is 0 Å². The average molecular weight is 438 g/mol. The lowest BCUT2D eigenvalue weighted by atomic mass is 9.65. The molecule has 0 amide bonds. The summed E-state index contributed by atoms with van der Waals surface area (Å²) in [6, 6.07) is 0. The van der Waals surface area contributed by atoms with Crippen LogP contribution in [0.15, 0.2) is 24.3 Å². The molecule has 2 bridgehead atoms. The van der Waals surface area contributed by atoms with Gasteiger partial charge in [-0.25, -0.2) is 4.79 Å². The Kier molecular flexibility index (Phi) is 5.86. The number of carbonyl (C=O) groups is 1. The highest BCUT2D eigenvalue weighted by molar-refractivity contribution is 5.87. The predicted octanol–water partition coefficient (Wildman–Crippen LogP) is 4.43. The van der Waals surface area contributed by atoms with Crippen molar-refractivity contribution in [3.8, 4) is 0 Å². The largest absolute Gasteiger partial charge is 0.449 e. The van der Waals surface area contributed by atoms with Crippen molar-refractivity contribution in [1.82, 2.24) is 0 Å². The number of rotatable bonds is 8. The molecular formula is C21H27F5O4. The number of alkyl halides is 5. The van der Waals surface area contributed by atoms with Crippen molar-refractivity contribution in [1.29, 1.82) is 0 Å². The second kappa shape index (κ2) is 7.58. The van der Waals surface area contributed by atoms with Gasteiger partial charge < -0.3 is 14.6 Å². The molecule has 4 nitrogen and oxygen atoms in total. The molecule has 3 aliphatic carbocycles. The zero-order valence-corrected chi connectivity index (χ0v) is 17.0. The summed E-state index contributed by atoms with van der Waals surface area (Å²) >= 11 is 0. The van der Waals surface area contributed by atoms with Crippen LogP contribution in [0.2, 0.25) is 0 Å². The monoisotopic (exact) mass is 438 g/mol. The Morgan fingerprint density at radius 1 is 1.30 bits per heavy atom. The second-order valence-electron chi connectivity index (χ2n) is 8.65. The third kappa shape index (κ3) is 3.20. The average Bonchev–Trinajstić information content (AvgIpc) is 3.32. The van der Waals surface area contributed by atoms with Gasteiger partial charge in [-0.3, -0.25) is 0 Å². The summed E-state index contributed by atoms with van der Waals surface area (Å²) in [7, 11) is 0. The first-order chi connectivity index (χ1) is 13.8. The summed E-state index contributed by atoms with van der Waals surface area (Å²) in [5.41, 5.74) is -7.37. The van der Waals surface area contributed by atoms with Crippen LogP contribution in [0.5, 0.6) is 0 Å². The minimum Gasteiger partial charge on any atom is -0.449 e. The van der Waals surface area contributed by atoms with Crippen LogP contribution in [0.3, 0.4) is 0 Å². The van der Waals surface area contributed by atoms with E-state index in [9.17, 15) is 23.1 Å². The molecule has 0 aromatic rings. The lowest BCUT2D eigenvalue weighted by Gasteiger charge is -2.51. The highest BCUT2D eigenvalue weighted by atomic mass is 19.4. The van der Waals surface area contributed by atoms with Gasteiger partial charge in [0.1, 0.15) is 0 Å². The van der Waals surface area contributed by atoms with Gasteiger partial charge in [0.15, 0.2) is 5.60 Å². The van der Waals surface area contributed by atoms with E-state index in [0.717, 1.165) is 0 Å². The number of carbonyl (C=O) groups excluding carboxylic acids is 1. The molecule has 2 fully saturated rings. The molecule has 0 aromatic heterocycles. The maximum atomic E-state index is 15.9. The highest BCUT2D eigenvalue weighted by Gasteiger charge is 2.82. The molecule has 3 rings (SSSR count). The van der Waals surface area contributed by atoms with Crippen LogP contribution >= 0.6 is 0 Å². The van der Waals surface area contributed by atoms with Gasteiger partial charge in [0.2, 0.25) is 5.60 Å². The topological polar surface area (TPSA) is 55.8 Å². The Morgan fingerprint density at radius 3 is 2.53 bits per heavy atom. The number of hydrogen-bond donors (Lipinski definition) is 1. The van der Waals surface area contributed by atoms with Crippen molar-refractivity contribution in [3.05, 3.63) is 24.3 Å². The van der Waals surface area contributed by atoms with Crippen molar-refractivity contribution >= 4 is 5.97 Å². The van der Waals surface area contributed by atoms with Crippen LogP contribution in [0.1, 0.15) is 39.5 Å². The fourth-order valence-corrected chi connectivity index (χ4v) is 5.57. The number of esters is 1. The Hall–Kier alpha value is -1.48. The van der Waals surface area contributed by atoms with Gasteiger partial charge in [0.05, 0.1) is 0 Å². The third-order valence-corrected chi connectivity index (χ3v) is 7.00. The van der Waals surface area contributed by atoms with Gasteiger partial charge in [-0.05, 0) is 50.9 Å². The van der Waals surface area contributed by atoms with Gasteiger partial charge in [-0.15, -0.1) is 0 Å². The molecule has 0 aliphatic heterocycles. The molecule has 3 aliphatic rings. The molecule has 6 unspecified atom stereocenters. The van der Waals surface area contributed by atoms with Crippen LogP contribution in [0, 0.1) is 23.7 Å². The second-order valence-corrected chi connectivity index (χ2v) is 8.65. The van der Waals surface area contributed by atoms with E-state index in [0.29, 0.717) is 6.42 Å². The number of hydrogen-bond acceptors (Lipinski definition) is 4. The number of halogens is 5. The van der Waals surface area contributed by atoms with Crippen molar-refractivity contribution in [2.24, 2.45) is 23.7 Å². The number of allylic oxidation sites excluding steroid dienone is 2. The molecule has 9 heteroatoms. The summed E-state index contributed by atoms with van der Waals surface area (Å²) in [6.07, 6.45) is -3.09. The fraction of sp³-hybridized carbons (Fsp3) is 0.762. The molecule has 30 heavy (non-hydrogen) atoms. The molecule has 0 aromatic carbocycles. The Morgan fingerprint density at radius 2 is 1.97 bits per heavy atom. The molecule has 170 valence electrons. The van der Waals surface area contributed by atoms with Crippen molar-refractivity contribution in [3.63, 3.8) is 0 Å². The number of fused-ring (bicyclic) bond motifs is 5. The lowest BCUT2D eigenvalue weighted by Crippen LogP contribution is -2.72. The minimum absolute atomic E-state index is 0.00934. The summed E-state index contributed by atoms with van der Waals surface area (Å²) in [6.45, 7) is 5.42. The maximum Gasteiger partial charge on any atom is 0.423 e. The van der Waals surface area contributed by atoms with Gasteiger partial charge in [0, 0.05) is 31.1 Å². The van der Waals surface area contributed by atoms with Crippen LogP contribution in [-0.4, -0.2) is 47.6 Å². The van der Waals surface area contributed by atoms with E-state index in [1.807, 2.05) is 12.2 Å². The third-order valence-electron chi connectivity index (χ3n) is 7.00. The van der Waals surface area contributed by atoms with Crippen molar-refractivity contribution < 1.29 is 41.3 Å². The van der Waals surface area contributed by atoms with E-state index in [1.54, 1.807) is 0 Å². The first-order valence-electron chi connectivity index (χ1n) is 10.1. The van der Waals surface area contributed by atoms with Crippen LogP contribution in [0.4, 0.5) is 22.0 Å². The zero-order chi connectivity index (χ0) is 22.5. The quantitative estimate of drug-likeness (QED) is 0.200. The smallest absolute Gasteiger partial charge is 0.423 e. The molecular weight excluding hydrogens is 411 g/mol. The number of aliphatic hydroxyl groups is 1. The zero-order valence-electron chi connectivity index (χ0n) is 17.0. The van der Waals surface area contributed by atoms with E-state index in [1.165, 1.54) is 13.8 Å². The van der Waals surface area contributed by atoms with E-state index in [2.05, 4.69) is 6.58 Å². The maximum absolute atomic E-state index is 15.9. The van der Waals surface area contributed by atoms with E-state index >= 15 is 8.78 Å². The predicted molar refractivity (Wildman–Crippen MR) is 97.6 cm³/mol. The lowest BCUT2D eigenvalue weighted by molar-refractivity contribution is -0.379. The van der Waals surface area contributed by atoms with E-state index in [-0.39, 0.29) is 36.4 Å². The number of ether oxygens (including phenoxy) is 2. The molecule has 2 saturated carbocycles. The molecule has 0 heterocycles. The SMILES string of the molecule is C=C(C)C(=O)OC1(C(F)(F)C(O)(CCOCC)C(F)(F)F)CC2CC1C1CC=CC21. The van der Waals surface area contributed by atoms with Gasteiger partial charge in [-0.2, -0.15) is 22.0 Å². The Labute approximate surface area is 172 Å². The first kappa shape index (κ1) is 23.2.